The van der Waals surface area contributed by atoms with Crippen LogP contribution in [0.2, 0.25) is 0 Å². The van der Waals surface area contributed by atoms with Crippen LogP contribution in [0, 0.1) is 17.8 Å². The van der Waals surface area contributed by atoms with Gasteiger partial charge in [0.2, 0.25) is 0 Å². The van der Waals surface area contributed by atoms with Crippen LogP contribution in [0.15, 0.2) is 69.9 Å². The fourth-order valence-electron chi connectivity index (χ4n) is 5.40. The highest BCUT2D eigenvalue weighted by Gasteiger charge is 2.38. The van der Waals surface area contributed by atoms with Gasteiger partial charge in [0, 0.05) is 23.6 Å². The first-order chi connectivity index (χ1) is 19.5. The van der Waals surface area contributed by atoms with E-state index in [1.807, 2.05) is 68.4 Å². The molecule has 3 fully saturated rings. The minimum Gasteiger partial charge on any atom is -0.507 e. The molecule has 1 heterocycles. The Bertz CT molecular complexity index is 1260. The van der Waals surface area contributed by atoms with E-state index >= 15 is 0 Å². The van der Waals surface area contributed by atoms with E-state index in [2.05, 4.69) is 4.74 Å². The molecule has 0 spiro atoms. The number of ether oxygens (including phenoxy) is 1. The first-order valence-electron chi connectivity index (χ1n) is 14.8. The number of hydrogen-bond acceptors (Lipinski definition) is 6. The normalized spacial score (nSPS) is 16.7. The third-order valence-corrected chi connectivity index (χ3v) is 7.85. The standard InChI is InChI=1S/C24H29NO3.C8H8O2.C2H6/c25-19-3-1-2-17(12-19)22(16-8-9-16)23-20(26)13-21(28-24(23)27)18(10-14-4-5-14)11-15-6-7-15;9-7-10-6-8-4-2-1-3-5-8;1-2/h1-3,12-16,18,22,26H,4-11,25H2;1-5,7H,6H2;1-2H3. The van der Waals surface area contributed by atoms with E-state index in [4.69, 9.17) is 10.2 Å². The van der Waals surface area contributed by atoms with Crippen molar-refractivity contribution in [2.75, 3.05) is 5.73 Å². The van der Waals surface area contributed by atoms with Crippen molar-refractivity contribution in [2.24, 2.45) is 17.8 Å². The van der Waals surface area contributed by atoms with Crippen LogP contribution in [-0.2, 0) is 16.1 Å². The van der Waals surface area contributed by atoms with Crippen molar-refractivity contribution >= 4 is 12.2 Å². The Kier molecular flexibility index (Phi) is 10.5. The molecule has 3 aliphatic carbocycles. The molecule has 3 N–H and O–H groups in total. The van der Waals surface area contributed by atoms with E-state index in [0.29, 0.717) is 36.0 Å². The lowest BCUT2D eigenvalue weighted by molar-refractivity contribution is -0.129. The van der Waals surface area contributed by atoms with Gasteiger partial charge in [-0.3, -0.25) is 4.79 Å². The van der Waals surface area contributed by atoms with Gasteiger partial charge >= 0.3 is 5.63 Å². The first-order valence-corrected chi connectivity index (χ1v) is 14.8. The zero-order valence-corrected chi connectivity index (χ0v) is 23.8. The van der Waals surface area contributed by atoms with Crippen molar-refractivity contribution in [3.63, 3.8) is 0 Å². The van der Waals surface area contributed by atoms with Crippen molar-refractivity contribution in [1.82, 2.24) is 0 Å². The van der Waals surface area contributed by atoms with Crippen LogP contribution in [0.3, 0.4) is 0 Å². The van der Waals surface area contributed by atoms with Crippen LogP contribution in [0.1, 0.15) is 99.5 Å². The maximum Gasteiger partial charge on any atom is 0.343 e. The average Bonchev–Trinajstić information content (AvgIpc) is 3.81. The molecule has 1 unspecified atom stereocenters. The average molecular weight is 546 g/mol. The fourth-order valence-corrected chi connectivity index (χ4v) is 5.40. The second kappa shape index (κ2) is 14.2. The first kappa shape index (κ1) is 29.4. The van der Waals surface area contributed by atoms with Crippen LogP contribution in [0.5, 0.6) is 5.75 Å². The van der Waals surface area contributed by atoms with E-state index in [0.717, 1.165) is 48.6 Å². The molecule has 1 aromatic heterocycles. The lowest BCUT2D eigenvalue weighted by Crippen LogP contribution is -2.18. The predicted molar refractivity (Wildman–Crippen MR) is 158 cm³/mol. The smallest absolute Gasteiger partial charge is 0.343 e. The van der Waals surface area contributed by atoms with E-state index in [9.17, 15) is 14.7 Å². The van der Waals surface area contributed by atoms with Gasteiger partial charge in [-0.25, -0.2) is 4.79 Å². The van der Waals surface area contributed by atoms with Crippen molar-refractivity contribution in [2.45, 2.75) is 83.7 Å². The molecule has 3 saturated carbocycles. The van der Waals surface area contributed by atoms with Gasteiger partial charge in [-0.2, -0.15) is 0 Å². The van der Waals surface area contributed by atoms with Gasteiger partial charge in [-0.15, -0.1) is 0 Å². The number of anilines is 1. The Morgan fingerprint density at radius 3 is 2.12 bits per heavy atom. The van der Waals surface area contributed by atoms with Gasteiger partial charge in [-0.1, -0.05) is 82.0 Å². The lowest BCUT2D eigenvalue weighted by atomic mass is 9.86. The van der Waals surface area contributed by atoms with Crippen LogP contribution < -0.4 is 11.4 Å². The highest BCUT2D eigenvalue weighted by atomic mass is 16.5. The molecule has 0 amide bonds. The summed E-state index contributed by atoms with van der Waals surface area (Å²) in [6.45, 7) is 4.82. The highest BCUT2D eigenvalue weighted by Crippen LogP contribution is 2.49. The third kappa shape index (κ3) is 8.48. The Hall–Kier alpha value is -3.54. The zero-order valence-electron chi connectivity index (χ0n) is 23.8. The molecule has 0 bridgehead atoms. The fraction of sp³-hybridized carbons (Fsp3) is 0.471. The lowest BCUT2D eigenvalue weighted by Gasteiger charge is -2.20. The quantitative estimate of drug-likeness (QED) is 0.191. The van der Waals surface area contributed by atoms with Crippen molar-refractivity contribution in [3.05, 3.63) is 93.5 Å². The number of nitrogen functional groups attached to an aromatic ring is 1. The minimum atomic E-state index is -0.370. The zero-order chi connectivity index (χ0) is 28.5. The third-order valence-electron chi connectivity index (χ3n) is 7.85. The summed E-state index contributed by atoms with van der Waals surface area (Å²) < 4.78 is 10.4. The van der Waals surface area contributed by atoms with Gasteiger partial charge < -0.3 is 20.0 Å². The molecule has 0 saturated heterocycles. The molecule has 1 atom stereocenters. The van der Waals surface area contributed by atoms with E-state index < -0.39 is 0 Å². The summed E-state index contributed by atoms with van der Waals surface area (Å²) in [5.74, 6) is 2.81. The topological polar surface area (TPSA) is 103 Å². The molecule has 3 aliphatic rings. The van der Waals surface area contributed by atoms with Crippen molar-refractivity contribution in [1.29, 1.82) is 0 Å². The number of aromatic hydroxyl groups is 1. The summed E-state index contributed by atoms with van der Waals surface area (Å²) in [7, 11) is 0. The summed E-state index contributed by atoms with van der Waals surface area (Å²) in [6, 6.07) is 19.0. The molecular formula is C34H43NO5. The van der Waals surface area contributed by atoms with E-state index in [1.54, 1.807) is 6.07 Å². The number of rotatable bonds is 11. The number of carbonyl (C=O) groups excluding carboxylic acids is 1. The molecule has 6 heteroatoms. The van der Waals surface area contributed by atoms with Crippen molar-refractivity contribution < 1.29 is 19.1 Å². The van der Waals surface area contributed by atoms with Gasteiger partial charge in [-0.05, 0) is 66.7 Å². The Labute approximate surface area is 237 Å². The maximum atomic E-state index is 13.0. The van der Waals surface area contributed by atoms with Crippen LogP contribution >= 0.6 is 0 Å². The molecule has 40 heavy (non-hydrogen) atoms. The van der Waals surface area contributed by atoms with Gasteiger partial charge in [0.15, 0.2) is 0 Å². The number of carbonyl (C=O) groups is 1. The van der Waals surface area contributed by atoms with Crippen LogP contribution in [-0.4, -0.2) is 11.6 Å². The Morgan fingerprint density at radius 2 is 1.60 bits per heavy atom. The van der Waals surface area contributed by atoms with Crippen LogP contribution in [0.25, 0.3) is 0 Å². The maximum absolute atomic E-state index is 13.0. The largest absolute Gasteiger partial charge is 0.507 e. The van der Waals surface area contributed by atoms with Gasteiger partial charge in [0.1, 0.15) is 18.1 Å². The van der Waals surface area contributed by atoms with Crippen LogP contribution in [0.4, 0.5) is 5.69 Å². The Morgan fingerprint density at radius 1 is 0.950 bits per heavy atom. The molecule has 6 nitrogen and oxygen atoms in total. The van der Waals surface area contributed by atoms with E-state index in [1.165, 1.54) is 25.7 Å². The number of nitrogens with two attached hydrogens (primary N) is 1. The molecule has 6 rings (SSSR count). The van der Waals surface area contributed by atoms with Gasteiger partial charge in [0.25, 0.3) is 6.47 Å². The summed E-state index contributed by atoms with van der Waals surface area (Å²) in [6.07, 6.45) is 9.43. The molecule has 0 radical (unpaired) electrons. The second-order valence-electron chi connectivity index (χ2n) is 11.2. The minimum absolute atomic E-state index is 0.0992. The van der Waals surface area contributed by atoms with Gasteiger partial charge in [0.05, 0.1) is 5.56 Å². The second-order valence-corrected chi connectivity index (χ2v) is 11.2. The highest BCUT2D eigenvalue weighted by molar-refractivity contribution is 5.48. The molecule has 214 valence electrons. The summed E-state index contributed by atoms with van der Waals surface area (Å²) in [5, 5.41) is 10.9. The van der Waals surface area contributed by atoms with Crippen molar-refractivity contribution in [3.8, 4) is 5.75 Å². The summed E-state index contributed by atoms with van der Waals surface area (Å²) in [5.41, 5.74) is 8.69. The summed E-state index contributed by atoms with van der Waals surface area (Å²) >= 11 is 0. The number of benzene rings is 2. The molecule has 3 aromatic rings. The predicted octanol–water partition coefficient (Wildman–Crippen LogP) is 7.54. The van der Waals surface area contributed by atoms with E-state index in [-0.39, 0.29) is 23.2 Å². The number of hydrogen-bond donors (Lipinski definition) is 2. The monoisotopic (exact) mass is 545 g/mol. The molecular weight excluding hydrogens is 502 g/mol. The molecule has 2 aromatic carbocycles. The summed E-state index contributed by atoms with van der Waals surface area (Å²) in [4.78, 5) is 22.8. The Balaban J connectivity index is 0.000000260. The SMILES string of the molecule is CC.Nc1cccc(C(c2c(O)cc(C(CC3CC3)CC3CC3)oc2=O)C2CC2)c1.O=COCc1ccccc1. The molecule has 0 aliphatic heterocycles.